The van der Waals surface area contributed by atoms with E-state index < -0.39 is 0 Å². The smallest absolute Gasteiger partial charge is 0.291 e. The van der Waals surface area contributed by atoms with Gasteiger partial charge < -0.3 is 14.2 Å². The number of nitrogens with zero attached hydrogens (tertiary/aromatic N) is 1. The molecule has 0 atom stereocenters. The van der Waals surface area contributed by atoms with Crippen LogP contribution in [0.25, 0.3) is 0 Å². The number of methoxy groups -OCH3 is 3. The zero-order valence-electron chi connectivity index (χ0n) is 15.5. The molecule has 0 fully saturated rings. The maximum absolute atomic E-state index is 12.3. The van der Waals surface area contributed by atoms with Crippen LogP contribution in [0.1, 0.15) is 21.5 Å². The monoisotopic (exact) mass is 356 g/mol. The van der Waals surface area contributed by atoms with Crippen LogP contribution < -0.4 is 14.8 Å². The summed E-state index contributed by atoms with van der Waals surface area (Å²) in [4.78, 5) is 16.6. The van der Waals surface area contributed by atoms with Crippen molar-refractivity contribution in [1.29, 1.82) is 0 Å². The van der Waals surface area contributed by atoms with E-state index in [1.807, 2.05) is 43.3 Å². The summed E-state index contributed by atoms with van der Waals surface area (Å²) in [6, 6.07) is 13.3. The Labute approximate surface area is 153 Å². The van der Waals surface area contributed by atoms with E-state index in [0.717, 1.165) is 11.1 Å². The minimum atomic E-state index is -0.241. The van der Waals surface area contributed by atoms with Crippen molar-refractivity contribution in [3.05, 3.63) is 59.2 Å². The van der Waals surface area contributed by atoms with E-state index in [2.05, 4.69) is 10.3 Å². The molecule has 0 aliphatic rings. The third-order valence-electron chi connectivity index (χ3n) is 3.91. The number of rotatable bonds is 6. The van der Waals surface area contributed by atoms with Gasteiger partial charge in [-0.25, -0.2) is 4.99 Å². The molecule has 0 saturated heterocycles. The van der Waals surface area contributed by atoms with E-state index in [1.165, 1.54) is 7.11 Å². The molecule has 26 heavy (non-hydrogen) atoms. The number of hydrogen-bond donors (Lipinski definition) is 1. The van der Waals surface area contributed by atoms with Crippen LogP contribution in [0, 0.1) is 6.92 Å². The number of carbonyl (C=O) groups excluding carboxylic acids is 1. The largest absolute Gasteiger partial charge is 0.493 e. The SMILES string of the molecule is COC(=NCCc1ccc(OC)c(OC)c1)NC(=O)c1ccccc1C. The summed E-state index contributed by atoms with van der Waals surface area (Å²) in [5, 5.41) is 2.70. The van der Waals surface area contributed by atoms with E-state index in [1.54, 1.807) is 20.3 Å². The number of nitrogens with one attached hydrogen (secondary N) is 1. The molecule has 0 aromatic heterocycles. The van der Waals surface area contributed by atoms with E-state index in [-0.39, 0.29) is 11.9 Å². The number of amidine groups is 1. The first-order valence-electron chi connectivity index (χ1n) is 8.25. The van der Waals surface area contributed by atoms with Crippen molar-refractivity contribution in [3.8, 4) is 11.5 Å². The lowest BCUT2D eigenvalue weighted by Crippen LogP contribution is -2.32. The quantitative estimate of drug-likeness (QED) is 0.638. The minimum Gasteiger partial charge on any atom is -0.493 e. The van der Waals surface area contributed by atoms with Crippen LogP contribution in [0.4, 0.5) is 0 Å². The molecule has 0 spiro atoms. The van der Waals surface area contributed by atoms with Crippen molar-refractivity contribution >= 4 is 11.9 Å². The second-order valence-electron chi connectivity index (χ2n) is 5.60. The Morgan fingerprint density at radius 3 is 2.42 bits per heavy atom. The fraction of sp³-hybridized carbons (Fsp3) is 0.300. The average molecular weight is 356 g/mol. The van der Waals surface area contributed by atoms with Crippen LogP contribution in [0.5, 0.6) is 11.5 Å². The molecule has 2 aromatic rings. The molecule has 0 radical (unpaired) electrons. The van der Waals surface area contributed by atoms with Crippen molar-refractivity contribution in [2.45, 2.75) is 13.3 Å². The molecular formula is C20H24N2O4. The second-order valence-corrected chi connectivity index (χ2v) is 5.60. The number of benzene rings is 2. The zero-order chi connectivity index (χ0) is 18.9. The molecule has 6 nitrogen and oxygen atoms in total. The Balaban J connectivity index is 1.99. The van der Waals surface area contributed by atoms with Gasteiger partial charge in [-0.05, 0) is 42.7 Å². The highest BCUT2D eigenvalue weighted by atomic mass is 16.5. The Kier molecular flexibility index (Phi) is 7.02. The fourth-order valence-electron chi connectivity index (χ4n) is 2.47. The highest BCUT2D eigenvalue weighted by Gasteiger charge is 2.11. The molecule has 0 saturated carbocycles. The van der Waals surface area contributed by atoms with Crippen LogP contribution in [0.2, 0.25) is 0 Å². The maximum atomic E-state index is 12.3. The first kappa shape index (κ1) is 19.3. The standard InChI is InChI=1S/C20H24N2O4/c1-14-7-5-6-8-16(14)19(23)22-20(26-4)21-12-11-15-9-10-17(24-2)18(13-15)25-3/h5-10,13H,11-12H2,1-4H3,(H,21,22,23). The van der Waals surface area contributed by atoms with Gasteiger partial charge in [-0.15, -0.1) is 0 Å². The van der Waals surface area contributed by atoms with Crippen LogP contribution in [-0.2, 0) is 11.2 Å². The van der Waals surface area contributed by atoms with Crippen LogP contribution in [-0.4, -0.2) is 39.8 Å². The van der Waals surface area contributed by atoms with Gasteiger partial charge in [0.05, 0.1) is 21.3 Å². The van der Waals surface area contributed by atoms with Crippen LogP contribution in [0.3, 0.4) is 0 Å². The Morgan fingerprint density at radius 1 is 1.04 bits per heavy atom. The van der Waals surface area contributed by atoms with E-state index in [9.17, 15) is 4.79 Å². The molecule has 0 unspecified atom stereocenters. The molecule has 2 rings (SSSR count). The number of carbonyl (C=O) groups is 1. The summed E-state index contributed by atoms with van der Waals surface area (Å²) in [7, 11) is 4.68. The Bertz CT molecular complexity index is 787. The fourth-order valence-corrected chi connectivity index (χ4v) is 2.47. The molecule has 0 aliphatic heterocycles. The number of aryl methyl sites for hydroxylation is 1. The average Bonchev–Trinajstić information content (AvgIpc) is 2.67. The van der Waals surface area contributed by atoms with Crippen molar-refractivity contribution < 1.29 is 19.0 Å². The Morgan fingerprint density at radius 2 is 1.77 bits per heavy atom. The summed E-state index contributed by atoms with van der Waals surface area (Å²) in [5.74, 6) is 1.12. The van der Waals surface area contributed by atoms with Crippen molar-refractivity contribution in [2.24, 2.45) is 4.99 Å². The summed E-state index contributed by atoms with van der Waals surface area (Å²) in [6.45, 7) is 2.35. The van der Waals surface area contributed by atoms with E-state index >= 15 is 0 Å². The highest BCUT2D eigenvalue weighted by Crippen LogP contribution is 2.27. The number of hydrogen-bond acceptors (Lipinski definition) is 5. The predicted octanol–water partition coefficient (Wildman–Crippen LogP) is 2.99. The summed E-state index contributed by atoms with van der Waals surface area (Å²) in [6.07, 6.45) is 0.674. The molecular weight excluding hydrogens is 332 g/mol. The van der Waals surface area contributed by atoms with Gasteiger partial charge in [-0.3, -0.25) is 10.1 Å². The molecule has 2 aromatic carbocycles. The molecule has 138 valence electrons. The minimum absolute atomic E-state index is 0.193. The highest BCUT2D eigenvalue weighted by molar-refractivity contribution is 6.04. The lowest BCUT2D eigenvalue weighted by Gasteiger charge is -2.10. The third-order valence-corrected chi connectivity index (χ3v) is 3.91. The molecule has 0 heterocycles. The number of amides is 1. The first-order chi connectivity index (χ1) is 12.6. The third kappa shape index (κ3) is 4.99. The summed E-state index contributed by atoms with van der Waals surface area (Å²) in [5.41, 5.74) is 2.54. The van der Waals surface area contributed by atoms with Gasteiger partial charge in [0.2, 0.25) is 0 Å². The summed E-state index contributed by atoms with van der Waals surface area (Å²) < 4.78 is 15.7. The topological polar surface area (TPSA) is 69.2 Å². The number of aliphatic imine (C=N–C) groups is 1. The Hall–Kier alpha value is -3.02. The van der Waals surface area contributed by atoms with E-state index in [4.69, 9.17) is 14.2 Å². The van der Waals surface area contributed by atoms with Gasteiger partial charge in [0.1, 0.15) is 0 Å². The predicted molar refractivity (Wildman–Crippen MR) is 101 cm³/mol. The molecule has 1 N–H and O–H groups in total. The van der Waals surface area contributed by atoms with Gasteiger partial charge in [-0.2, -0.15) is 0 Å². The van der Waals surface area contributed by atoms with Gasteiger partial charge >= 0.3 is 0 Å². The molecule has 0 aliphatic carbocycles. The molecule has 1 amide bonds. The van der Waals surface area contributed by atoms with Crippen molar-refractivity contribution in [1.82, 2.24) is 5.32 Å². The van der Waals surface area contributed by atoms with Crippen LogP contribution >= 0.6 is 0 Å². The lowest BCUT2D eigenvalue weighted by molar-refractivity contribution is 0.0968. The van der Waals surface area contributed by atoms with Crippen molar-refractivity contribution in [2.75, 3.05) is 27.9 Å². The van der Waals surface area contributed by atoms with Gasteiger partial charge in [0.15, 0.2) is 11.5 Å². The van der Waals surface area contributed by atoms with Gasteiger partial charge in [0.25, 0.3) is 11.9 Å². The van der Waals surface area contributed by atoms with Crippen LogP contribution in [0.15, 0.2) is 47.5 Å². The lowest BCUT2D eigenvalue weighted by atomic mass is 10.1. The second kappa shape index (κ2) is 9.46. The zero-order valence-corrected chi connectivity index (χ0v) is 15.5. The van der Waals surface area contributed by atoms with Gasteiger partial charge in [-0.1, -0.05) is 24.3 Å². The van der Waals surface area contributed by atoms with E-state index in [0.29, 0.717) is 30.0 Å². The molecule has 0 bridgehead atoms. The normalized spacial score (nSPS) is 11.0. The maximum Gasteiger partial charge on any atom is 0.291 e. The van der Waals surface area contributed by atoms with Crippen molar-refractivity contribution in [3.63, 3.8) is 0 Å². The first-order valence-corrected chi connectivity index (χ1v) is 8.25. The molecule has 6 heteroatoms. The van der Waals surface area contributed by atoms with Gasteiger partial charge in [0, 0.05) is 12.1 Å². The number of ether oxygens (including phenoxy) is 3. The summed E-state index contributed by atoms with van der Waals surface area (Å²) >= 11 is 0.